The van der Waals surface area contributed by atoms with Gasteiger partial charge in [0, 0.05) is 25.2 Å². The Hall–Kier alpha value is -1.03. The summed E-state index contributed by atoms with van der Waals surface area (Å²) in [6, 6.07) is 1.69. The zero-order chi connectivity index (χ0) is 9.97. The first-order valence-electron chi connectivity index (χ1n) is 4.66. The third-order valence-electron chi connectivity index (χ3n) is 2.52. The number of aromatic nitrogens is 2. The maximum absolute atomic E-state index is 11.8. The zero-order valence-corrected chi connectivity index (χ0v) is 8.50. The van der Waals surface area contributed by atoms with Crippen LogP contribution in [0.2, 0.25) is 0 Å². The van der Waals surface area contributed by atoms with Gasteiger partial charge in [-0.3, -0.25) is 9.89 Å². The number of carbonyl (C=O) groups excluding carboxylic acids is 1. The number of carbonyl (C=O) groups is 1. The van der Waals surface area contributed by atoms with Gasteiger partial charge < -0.3 is 4.90 Å². The van der Waals surface area contributed by atoms with Crippen molar-refractivity contribution in [2.75, 3.05) is 19.0 Å². The molecule has 1 fully saturated rings. The van der Waals surface area contributed by atoms with Gasteiger partial charge in [-0.05, 0) is 18.4 Å². The van der Waals surface area contributed by atoms with Gasteiger partial charge >= 0.3 is 0 Å². The summed E-state index contributed by atoms with van der Waals surface area (Å²) in [7, 11) is 0. The molecule has 1 aliphatic rings. The summed E-state index contributed by atoms with van der Waals surface area (Å²) in [5, 5.41) is 6.43. The van der Waals surface area contributed by atoms with Crippen molar-refractivity contribution in [3.8, 4) is 0 Å². The van der Waals surface area contributed by atoms with Crippen LogP contribution in [-0.4, -0.2) is 40.0 Å². The predicted molar refractivity (Wildman–Crippen MR) is 53.3 cm³/mol. The van der Waals surface area contributed by atoms with Gasteiger partial charge in [-0.25, -0.2) is 0 Å². The molecule has 1 unspecified atom stereocenters. The average molecular weight is 214 g/mol. The van der Waals surface area contributed by atoms with Gasteiger partial charge in [-0.15, -0.1) is 11.6 Å². The Morgan fingerprint density at radius 3 is 3.21 bits per heavy atom. The molecule has 1 N–H and O–H groups in total. The van der Waals surface area contributed by atoms with Crippen molar-refractivity contribution in [3.05, 3.63) is 18.0 Å². The van der Waals surface area contributed by atoms with E-state index in [2.05, 4.69) is 10.2 Å². The van der Waals surface area contributed by atoms with Crippen molar-refractivity contribution in [3.63, 3.8) is 0 Å². The minimum absolute atomic E-state index is 0.0233. The largest absolute Gasteiger partial charge is 0.337 e. The van der Waals surface area contributed by atoms with Crippen LogP contribution in [0.4, 0.5) is 0 Å². The van der Waals surface area contributed by atoms with Gasteiger partial charge in [-0.1, -0.05) is 0 Å². The molecule has 0 aliphatic carbocycles. The summed E-state index contributed by atoms with van der Waals surface area (Å²) in [5.74, 6) is 1.10. The molecular weight excluding hydrogens is 202 g/mol. The Kier molecular flexibility index (Phi) is 2.72. The molecule has 2 rings (SSSR count). The van der Waals surface area contributed by atoms with Crippen LogP contribution < -0.4 is 0 Å². The lowest BCUT2D eigenvalue weighted by Gasteiger charge is -2.14. The lowest BCUT2D eigenvalue weighted by atomic mass is 10.2. The summed E-state index contributed by atoms with van der Waals surface area (Å²) < 4.78 is 0. The molecular formula is C9H12ClN3O. The van der Waals surface area contributed by atoms with Crippen LogP contribution in [0.15, 0.2) is 12.3 Å². The molecule has 76 valence electrons. The summed E-state index contributed by atoms with van der Waals surface area (Å²) in [6.45, 7) is 1.57. The first kappa shape index (κ1) is 9.52. The highest BCUT2D eigenvalue weighted by molar-refractivity contribution is 6.18. The molecule has 1 atom stereocenters. The van der Waals surface area contributed by atoms with Crippen LogP contribution in [0.25, 0.3) is 0 Å². The van der Waals surface area contributed by atoms with Gasteiger partial charge in [0.2, 0.25) is 0 Å². The number of rotatable bonds is 2. The van der Waals surface area contributed by atoms with Crippen molar-refractivity contribution in [2.24, 2.45) is 5.92 Å². The molecule has 0 bridgehead atoms. The van der Waals surface area contributed by atoms with Crippen molar-refractivity contribution in [1.29, 1.82) is 0 Å². The highest BCUT2D eigenvalue weighted by atomic mass is 35.5. The van der Waals surface area contributed by atoms with Crippen molar-refractivity contribution >= 4 is 17.5 Å². The fourth-order valence-corrected chi connectivity index (χ4v) is 1.94. The minimum Gasteiger partial charge on any atom is -0.337 e. The van der Waals surface area contributed by atoms with Crippen molar-refractivity contribution in [1.82, 2.24) is 15.1 Å². The molecule has 1 aromatic heterocycles. The van der Waals surface area contributed by atoms with E-state index < -0.39 is 0 Å². The van der Waals surface area contributed by atoms with E-state index in [1.807, 2.05) is 4.90 Å². The van der Waals surface area contributed by atoms with Gasteiger partial charge in [-0.2, -0.15) is 5.10 Å². The third kappa shape index (κ3) is 1.75. The fraction of sp³-hybridized carbons (Fsp3) is 0.556. The van der Waals surface area contributed by atoms with E-state index in [1.54, 1.807) is 12.3 Å². The van der Waals surface area contributed by atoms with E-state index >= 15 is 0 Å². The number of nitrogens with one attached hydrogen (secondary N) is 1. The summed E-state index contributed by atoms with van der Waals surface area (Å²) in [4.78, 5) is 13.6. The minimum atomic E-state index is 0.0233. The first-order chi connectivity index (χ1) is 6.81. The number of nitrogens with zero attached hydrogens (tertiary/aromatic N) is 2. The van der Waals surface area contributed by atoms with Gasteiger partial charge in [0.25, 0.3) is 5.91 Å². The molecule has 0 aromatic carbocycles. The fourth-order valence-electron chi connectivity index (χ4n) is 1.69. The van der Waals surface area contributed by atoms with Crippen molar-refractivity contribution in [2.45, 2.75) is 6.42 Å². The highest BCUT2D eigenvalue weighted by Crippen LogP contribution is 2.18. The molecule has 0 spiro atoms. The smallest absolute Gasteiger partial charge is 0.271 e. The standard InChI is InChI=1S/C9H12ClN3O/c10-5-7-2-4-13(6-7)9(14)8-1-3-11-12-8/h1,3,7H,2,4-6H2,(H,11,12). The Labute approximate surface area is 87.2 Å². The lowest BCUT2D eigenvalue weighted by molar-refractivity contribution is 0.0782. The molecule has 2 heterocycles. The van der Waals surface area contributed by atoms with Crippen LogP contribution >= 0.6 is 11.6 Å². The molecule has 1 saturated heterocycles. The first-order valence-corrected chi connectivity index (χ1v) is 5.19. The highest BCUT2D eigenvalue weighted by Gasteiger charge is 2.26. The molecule has 14 heavy (non-hydrogen) atoms. The van der Waals surface area contributed by atoms with Crippen LogP contribution in [0.3, 0.4) is 0 Å². The molecule has 1 amide bonds. The Bertz CT molecular complexity index is 312. The second kappa shape index (κ2) is 4.00. The summed E-state index contributed by atoms with van der Waals surface area (Å²) >= 11 is 5.74. The predicted octanol–water partition coefficient (Wildman–Crippen LogP) is 1.11. The number of aromatic amines is 1. The number of H-pyrrole nitrogens is 1. The van der Waals surface area contributed by atoms with E-state index in [1.165, 1.54) is 0 Å². The van der Waals surface area contributed by atoms with E-state index in [-0.39, 0.29) is 5.91 Å². The maximum atomic E-state index is 11.8. The second-order valence-corrected chi connectivity index (χ2v) is 3.84. The van der Waals surface area contributed by atoms with E-state index in [0.29, 0.717) is 17.5 Å². The van der Waals surface area contributed by atoms with E-state index in [4.69, 9.17) is 11.6 Å². The number of hydrogen-bond donors (Lipinski definition) is 1. The summed E-state index contributed by atoms with van der Waals surface area (Å²) in [5.41, 5.74) is 0.556. The Morgan fingerprint density at radius 2 is 2.64 bits per heavy atom. The average Bonchev–Trinajstić information content (AvgIpc) is 2.88. The molecule has 5 heteroatoms. The Morgan fingerprint density at radius 1 is 1.79 bits per heavy atom. The number of likely N-dealkylation sites (tertiary alicyclic amines) is 1. The quantitative estimate of drug-likeness (QED) is 0.749. The number of halogens is 1. The number of amides is 1. The number of hydrogen-bond acceptors (Lipinski definition) is 2. The normalized spacial score (nSPS) is 21.5. The SMILES string of the molecule is O=C(c1ccn[nH]1)N1CCC(CCl)C1. The Balaban J connectivity index is 2.00. The molecule has 0 radical (unpaired) electrons. The van der Waals surface area contributed by atoms with Crippen LogP contribution in [0.5, 0.6) is 0 Å². The molecule has 1 aromatic rings. The topological polar surface area (TPSA) is 49.0 Å². The maximum Gasteiger partial charge on any atom is 0.271 e. The molecule has 0 saturated carbocycles. The second-order valence-electron chi connectivity index (χ2n) is 3.53. The van der Waals surface area contributed by atoms with Crippen LogP contribution in [0, 0.1) is 5.92 Å². The zero-order valence-electron chi connectivity index (χ0n) is 7.74. The van der Waals surface area contributed by atoms with Gasteiger partial charge in [0.05, 0.1) is 0 Å². The monoisotopic (exact) mass is 213 g/mol. The van der Waals surface area contributed by atoms with Gasteiger partial charge in [0.1, 0.15) is 5.69 Å². The number of alkyl halides is 1. The van der Waals surface area contributed by atoms with Crippen LogP contribution in [-0.2, 0) is 0 Å². The van der Waals surface area contributed by atoms with Gasteiger partial charge in [0.15, 0.2) is 0 Å². The van der Waals surface area contributed by atoms with E-state index in [9.17, 15) is 4.79 Å². The van der Waals surface area contributed by atoms with Crippen molar-refractivity contribution < 1.29 is 4.79 Å². The molecule has 4 nitrogen and oxygen atoms in total. The van der Waals surface area contributed by atoms with Crippen LogP contribution in [0.1, 0.15) is 16.9 Å². The van der Waals surface area contributed by atoms with E-state index in [0.717, 1.165) is 19.5 Å². The third-order valence-corrected chi connectivity index (χ3v) is 2.96. The summed E-state index contributed by atoms with van der Waals surface area (Å²) in [6.07, 6.45) is 2.59. The lowest BCUT2D eigenvalue weighted by Crippen LogP contribution is -2.29. The molecule has 1 aliphatic heterocycles.